The molecular formula is C19H37NO7. The van der Waals surface area contributed by atoms with E-state index >= 15 is 0 Å². The topological polar surface area (TPSA) is 136 Å². The molecule has 0 saturated heterocycles. The van der Waals surface area contributed by atoms with E-state index in [0.29, 0.717) is 6.42 Å². The number of nitrogens with one attached hydrogen (secondary N) is 1. The van der Waals surface area contributed by atoms with Gasteiger partial charge in [0.15, 0.2) is 0 Å². The fourth-order valence-electron chi connectivity index (χ4n) is 2.72. The monoisotopic (exact) mass is 391 g/mol. The summed E-state index contributed by atoms with van der Waals surface area (Å²) in [5, 5.41) is 40.3. The van der Waals surface area contributed by atoms with Crippen molar-refractivity contribution in [2.24, 2.45) is 0 Å². The molecule has 0 aromatic carbocycles. The van der Waals surface area contributed by atoms with Gasteiger partial charge in [0.2, 0.25) is 5.91 Å². The molecule has 1 amide bonds. The van der Waals surface area contributed by atoms with Crippen molar-refractivity contribution in [1.29, 1.82) is 0 Å². The maximum Gasteiger partial charge on any atom is 0.303 e. The number of rotatable bonds is 18. The highest BCUT2D eigenvalue weighted by molar-refractivity contribution is 5.75. The summed E-state index contributed by atoms with van der Waals surface area (Å²) in [5.74, 6) is -0.918. The van der Waals surface area contributed by atoms with Crippen LogP contribution in [-0.4, -0.2) is 70.9 Å². The van der Waals surface area contributed by atoms with Gasteiger partial charge in [-0.2, -0.15) is 0 Å². The normalized spacial score (nSPS) is 14.5. The zero-order valence-electron chi connectivity index (χ0n) is 16.4. The predicted molar refractivity (Wildman–Crippen MR) is 101 cm³/mol. The van der Waals surface area contributed by atoms with Crippen molar-refractivity contribution in [2.75, 3.05) is 20.3 Å². The standard InChI is InChI=1S/C19H37NO7/c1-27-13-12-15(21)19(26)16(22)14-20-17(23)10-8-6-4-2-3-5-7-9-11-18(24)25/h15-16,19,21-22,26H,2-14H2,1H3,(H,20,23)(H,24,25)/t15-,16+,19+/m1/s1. The second-order valence-electron chi connectivity index (χ2n) is 6.93. The number of methoxy groups -OCH3 is 1. The lowest BCUT2D eigenvalue weighted by Crippen LogP contribution is -2.44. The van der Waals surface area contributed by atoms with E-state index in [4.69, 9.17) is 9.84 Å². The molecule has 0 aromatic heterocycles. The Morgan fingerprint density at radius 2 is 1.37 bits per heavy atom. The van der Waals surface area contributed by atoms with Crippen LogP contribution in [0.2, 0.25) is 0 Å². The summed E-state index contributed by atoms with van der Waals surface area (Å²) in [6.45, 7) is 0.181. The number of ether oxygens (including phenoxy) is 1. The Morgan fingerprint density at radius 1 is 0.852 bits per heavy atom. The van der Waals surface area contributed by atoms with E-state index in [-0.39, 0.29) is 31.9 Å². The van der Waals surface area contributed by atoms with Crippen LogP contribution in [0.25, 0.3) is 0 Å². The summed E-state index contributed by atoms with van der Waals surface area (Å²) >= 11 is 0. The molecular weight excluding hydrogens is 354 g/mol. The molecule has 0 aliphatic heterocycles. The van der Waals surface area contributed by atoms with E-state index in [1.54, 1.807) is 0 Å². The number of hydrogen-bond acceptors (Lipinski definition) is 6. The summed E-state index contributed by atoms with van der Waals surface area (Å²) in [7, 11) is 1.48. The molecule has 0 rings (SSSR count). The van der Waals surface area contributed by atoms with Crippen molar-refractivity contribution in [3.05, 3.63) is 0 Å². The molecule has 0 saturated carbocycles. The summed E-state index contributed by atoms with van der Waals surface area (Å²) in [6, 6.07) is 0. The molecule has 3 atom stereocenters. The number of carboxylic acids is 1. The first-order valence-electron chi connectivity index (χ1n) is 9.90. The minimum atomic E-state index is -1.32. The van der Waals surface area contributed by atoms with E-state index in [1.807, 2.05) is 0 Å². The Kier molecular flexibility index (Phi) is 16.2. The van der Waals surface area contributed by atoms with Crippen LogP contribution in [0, 0.1) is 0 Å². The van der Waals surface area contributed by atoms with Crippen molar-refractivity contribution in [2.45, 2.75) is 88.9 Å². The molecule has 8 heteroatoms. The van der Waals surface area contributed by atoms with Crippen LogP contribution in [0.1, 0.15) is 70.6 Å². The molecule has 0 spiro atoms. The maximum absolute atomic E-state index is 11.7. The van der Waals surface area contributed by atoms with Crippen LogP contribution in [0.3, 0.4) is 0 Å². The number of carbonyl (C=O) groups is 2. The molecule has 0 aliphatic carbocycles. The SMILES string of the molecule is COCC[C@@H](O)[C@H](O)[C@@H](O)CNC(=O)CCCCCCCCCCC(=O)O. The fourth-order valence-corrected chi connectivity index (χ4v) is 2.72. The Hall–Kier alpha value is -1.22. The van der Waals surface area contributed by atoms with Crippen LogP contribution in [0.4, 0.5) is 0 Å². The molecule has 0 bridgehead atoms. The second-order valence-corrected chi connectivity index (χ2v) is 6.93. The lowest BCUT2D eigenvalue weighted by molar-refractivity contribution is -0.137. The van der Waals surface area contributed by atoms with Crippen LogP contribution >= 0.6 is 0 Å². The number of carboxylic acid groups (broad SMARTS) is 1. The minimum Gasteiger partial charge on any atom is -0.481 e. The minimum absolute atomic E-state index is 0.0968. The molecule has 0 aliphatic rings. The first-order chi connectivity index (χ1) is 12.9. The van der Waals surface area contributed by atoms with Crippen molar-refractivity contribution in [3.63, 3.8) is 0 Å². The van der Waals surface area contributed by atoms with Gasteiger partial charge < -0.3 is 30.5 Å². The van der Waals surface area contributed by atoms with Gasteiger partial charge in [0.25, 0.3) is 0 Å². The first kappa shape index (κ1) is 25.8. The summed E-state index contributed by atoms with van der Waals surface area (Å²) in [5.41, 5.74) is 0. The highest BCUT2D eigenvalue weighted by atomic mass is 16.5. The van der Waals surface area contributed by atoms with E-state index in [0.717, 1.165) is 51.4 Å². The van der Waals surface area contributed by atoms with E-state index < -0.39 is 24.3 Å². The number of aliphatic hydroxyl groups excluding tert-OH is 3. The second kappa shape index (κ2) is 16.9. The molecule has 8 nitrogen and oxygen atoms in total. The quantitative estimate of drug-likeness (QED) is 0.222. The third kappa shape index (κ3) is 15.5. The van der Waals surface area contributed by atoms with Gasteiger partial charge in [-0.3, -0.25) is 9.59 Å². The van der Waals surface area contributed by atoms with Gasteiger partial charge in [-0.15, -0.1) is 0 Å². The Labute approximate surface area is 161 Å². The Balaban J connectivity index is 3.56. The van der Waals surface area contributed by atoms with Crippen molar-refractivity contribution >= 4 is 11.9 Å². The molecule has 0 heterocycles. The highest BCUT2D eigenvalue weighted by Crippen LogP contribution is 2.10. The van der Waals surface area contributed by atoms with Gasteiger partial charge >= 0.3 is 5.97 Å². The molecule has 27 heavy (non-hydrogen) atoms. The lowest BCUT2D eigenvalue weighted by Gasteiger charge is -2.23. The molecule has 0 aromatic rings. The number of aliphatic carboxylic acids is 1. The summed E-state index contributed by atoms with van der Waals surface area (Å²) in [6.07, 6.45) is 4.83. The van der Waals surface area contributed by atoms with Gasteiger partial charge in [-0.25, -0.2) is 0 Å². The number of hydrogen-bond donors (Lipinski definition) is 5. The third-order valence-corrected chi connectivity index (χ3v) is 4.46. The van der Waals surface area contributed by atoms with Crippen LogP contribution in [0.15, 0.2) is 0 Å². The van der Waals surface area contributed by atoms with Crippen molar-refractivity contribution in [1.82, 2.24) is 5.32 Å². The zero-order valence-corrected chi connectivity index (χ0v) is 16.4. The Bertz CT molecular complexity index is 392. The van der Waals surface area contributed by atoms with Gasteiger partial charge in [0, 0.05) is 33.1 Å². The van der Waals surface area contributed by atoms with Gasteiger partial charge in [-0.1, -0.05) is 38.5 Å². The van der Waals surface area contributed by atoms with Gasteiger partial charge in [0.1, 0.15) is 6.10 Å². The Morgan fingerprint density at radius 3 is 1.89 bits per heavy atom. The molecule has 0 unspecified atom stereocenters. The smallest absolute Gasteiger partial charge is 0.303 e. The van der Waals surface area contributed by atoms with Gasteiger partial charge in [0.05, 0.1) is 12.2 Å². The molecule has 5 N–H and O–H groups in total. The number of carbonyl (C=O) groups excluding carboxylic acids is 1. The van der Waals surface area contributed by atoms with Crippen LogP contribution < -0.4 is 5.32 Å². The van der Waals surface area contributed by atoms with Crippen molar-refractivity contribution in [3.8, 4) is 0 Å². The number of amides is 1. The molecule has 0 fully saturated rings. The van der Waals surface area contributed by atoms with Gasteiger partial charge in [-0.05, 0) is 19.3 Å². The fraction of sp³-hybridized carbons (Fsp3) is 0.895. The largest absolute Gasteiger partial charge is 0.481 e. The third-order valence-electron chi connectivity index (χ3n) is 4.46. The highest BCUT2D eigenvalue weighted by Gasteiger charge is 2.24. The average Bonchev–Trinajstić information content (AvgIpc) is 2.64. The van der Waals surface area contributed by atoms with Crippen LogP contribution in [0.5, 0.6) is 0 Å². The van der Waals surface area contributed by atoms with Crippen LogP contribution in [-0.2, 0) is 14.3 Å². The lowest BCUT2D eigenvalue weighted by atomic mass is 10.1. The summed E-state index contributed by atoms with van der Waals surface area (Å²) in [4.78, 5) is 22.1. The molecule has 160 valence electrons. The summed E-state index contributed by atoms with van der Waals surface area (Å²) < 4.78 is 4.80. The average molecular weight is 392 g/mol. The number of aliphatic hydroxyl groups is 3. The van der Waals surface area contributed by atoms with E-state index in [2.05, 4.69) is 5.32 Å². The van der Waals surface area contributed by atoms with E-state index in [1.165, 1.54) is 7.11 Å². The van der Waals surface area contributed by atoms with E-state index in [9.17, 15) is 24.9 Å². The predicted octanol–water partition coefficient (Wildman–Crippen LogP) is 1.21. The first-order valence-corrected chi connectivity index (χ1v) is 9.90. The maximum atomic E-state index is 11.7. The van der Waals surface area contributed by atoms with Crippen molar-refractivity contribution < 1.29 is 34.8 Å². The number of unbranched alkanes of at least 4 members (excludes halogenated alkanes) is 7. The zero-order chi connectivity index (χ0) is 20.5. The molecule has 0 radical (unpaired) electrons.